The number of aromatic nitrogens is 2. The van der Waals surface area contributed by atoms with Crippen molar-refractivity contribution in [2.45, 2.75) is 19.7 Å². The van der Waals surface area contributed by atoms with Crippen molar-refractivity contribution in [2.75, 3.05) is 0 Å². The number of nitrogens with zero attached hydrogens (tertiary/aromatic N) is 1. The normalized spacial score (nSPS) is 11.5. The number of aryl methyl sites for hydroxylation is 1. The molecule has 0 aliphatic rings. The Labute approximate surface area is 187 Å². The van der Waals surface area contributed by atoms with E-state index < -0.39 is 11.9 Å². The van der Waals surface area contributed by atoms with Crippen molar-refractivity contribution < 1.29 is 23.0 Å². The summed E-state index contributed by atoms with van der Waals surface area (Å²) in [5.74, 6) is 0.164. The largest absolute Gasteiger partial charge is 0.507 e. The van der Waals surface area contributed by atoms with Gasteiger partial charge in [0, 0.05) is 16.1 Å². The number of nitrogens with one attached hydrogen (secondary N) is 1. The van der Waals surface area contributed by atoms with Crippen LogP contribution in [0.4, 0.5) is 13.2 Å². The zero-order chi connectivity index (χ0) is 22.9. The van der Waals surface area contributed by atoms with Crippen LogP contribution in [0.5, 0.6) is 11.5 Å². The maximum Gasteiger partial charge on any atom is 0.433 e. The van der Waals surface area contributed by atoms with E-state index in [1.165, 1.54) is 18.2 Å². The fourth-order valence-electron chi connectivity index (χ4n) is 3.29. The van der Waals surface area contributed by atoms with E-state index in [1.807, 2.05) is 19.1 Å². The van der Waals surface area contributed by atoms with Crippen molar-refractivity contribution in [1.82, 2.24) is 10.2 Å². The summed E-state index contributed by atoms with van der Waals surface area (Å²) in [6.45, 7) is 2.07. The Balaban J connectivity index is 1.74. The molecule has 4 nitrogen and oxygen atoms in total. The Hall–Kier alpha value is -3.45. The van der Waals surface area contributed by atoms with Crippen LogP contribution in [0.2, 0.25) is 5.02 Å². The number of phenols is 1. The van der Waals surface area contributed by atoms with Gasteiger partial charge in [-0.05, 0) is 48.4 Å². The minimum Gasteiger partial charge on any atom is -0.507 e. The lowest BCUT2D eigenvalue weighted by atomic mass is 9.97. The average Bonchev–Trinajstić information content (AvgIpc) is 3.20. The van der Waals surface area contributed by atoms with Gasteiger partial charge < -0.3 is 9.84 Å². The Morgan fingerprint density at radius 1 is 1.00 bits per heavy atom. The lowest BCUT2D eigenvalue weighted by Crippen LogP contribution is -2.07. The molecule has 32 heavy (non-hydrogen) atoms. The van der Waals surface area contributed by atoms with E-state index in [0.29, 0.717) is 16.3 Å². The monoisotopic (exact) mass is 458 g/mol. The average molecular weight is 459 g/mol. The number of aromatic amines is 1. The lowest BCUT2D eigenvalue weighted by Gasteiger charge is -2.12. The number of H-pyrrole nitrogens is 1. The summed E-state index contributed by atoms with van der Waals surface area (Å²) in [6.07, 6.45) is -4.65. The van der Waals surface area contributed by atoms with Gasteiger partial charge in [-0.1, -0.05) is 53.6 Å². The molecule has 3 aromatic carbocycles. The Kier molecular flexibility index (Phi) is 5.84. The zero-order valence-corrected chi connectivity index (χ0v) is 17.6. The third kappa shape index (κ3) is 4.57. The number of rotatable bonds is 5. The minimum atomic E-state index is -4.65. The van der Waals surface area contributed by atoms with E-state index >= 15 is 0 Å². The van der Waals surface area contributed by atoms with Gasteiger partial charge in [-0.3, -0.25) is 5.10 Å². The van der Waals surface area contributed by atoms with Crippen LogP contribution >= 0.6 is 11.6 Å². The maximum atomic E-state index is 13.7. The van der Waals surface area contributed by atoms with Crippen LogP contribution in [0.15, 0.2) is 66.7 Å². The second-order valence-electron chi connectivity index (χ2n) is 7.28. The first-order valence-corrected chi connectivity index (χ1v) is 10.0. The van der Waals surface area contributed by atoms with Crippen LogP contribution in [-0.2, 0) is 12.8 Å². The molecule has 0 saturated heterocycles. The van der Waals surface area contributed by atoms with Crippen molar-refractivity contribution in [2.24, 2.45) is 0 Å². The first-order chi connectivity index (χ1) is 15.2. The summed E-state index contributed by atoms with van der Waals surface area (Å²) in [6, 6.07) is 18.1. The van der Waals surface area contributed by atoms with Crippen LogP contribution in [0.1, 0.15) is 16.8 Å². The second kappa shape index (κ2) is 8.59. The molecule has 0 fully saturated rings. The van der Waals surface area contributed by atoms with Gasteiger partial charge in [0.1, 0.15) is 29.5 Å². The molecule has 164 valence electrons. The topological polar surface area (TPSA) is 58.1 Å². The summed E-state index contributed by atoms with van der Waals surface area (Å²) in [4.78, 5) is 0. The van der Waals surface area contributed by atoms with Crippen LogP contribution in [0.3, 0.4) is 0 Å². The fraction of sp³-hybridized carbons (Fsp3) is 0.125. The summed E-state index contributed by atoms with van der Waals surface area (Å²) in [7, 11) is 0. The Morgan fingerprint density at radius 2 is 1.69 bits per heavy atom. The zero-order valence-electron chi connectivity index (χ0n) is 16.9. The van der Waals surface area contributed by atoms with Crippen molar-refractivity contribution in [3.05, 3.63) is 88.6 Å². The molecule has 0 atom stereocenters. The second-order valence-corrected chi connectivity index (χ2v) is 7.72. The third-order valence-electron chi connectivity index (χ3n) is 4.93. The first kappa shape index (κ1) is 21.8. The third-order valence-corrected chi connectivity index (χ3v) is 5.18. The molecule has 1 heterocycles. The summed E-state index contributed by atoms with van der Waals surface area (Å²) in [5, 5.41) is 17.0. The molecule has 0 aliphatic carbocycles. The van der Waals surface area contributed by atoms with Crippen molar-refractivity contribution >= 4 is 11.6 Å². The molecule has 0 saturated carbocycles. The quantitative estimate of drug-likeness (QED) is 0.338. The fourth-order valence-corrected chi connectivity index (χ4v) is 3.41. The predicted molar refractivity (Wildman–Crippen MR) is 117 cm³/mol. The van der Waals surface area contributed by atoms with Crippen LogP contribution in [0.25, 0.3) is 22.4 Å². The Bertz CT molecular complexity index is 1230. The van der Waals surface area contributed by atoms with Crippen molar-refractivity contribution in [3.63, 3.8) is 0 Å². The molecule has 0 bridgehead atoms. The number of benzene rings is 3. The van der Waals surface area contributed by atoms with Crippen molar-refractivity contribution in [1.29, 1.82) is 0 Å². The number of halogens is 4. The van der Waals surface area contributed by atoms with Gasteiger partial charge in [0.25, 0.3) is 0 Å². The van der Waals surface area contributed by atoms with E-state index in [2.05, 4.69) is 10.2 Å². The number of phenolic OH excluding ortho intramolecular Hbond substituents is 1. The van der Waals surface area contributed by atoms with E-state index in [9.17, 15) is 18.3 Å². The first-order valence-electron chi connectivity index (χ1n) is 9.65. The molecule has 0 unspecified atom stereocenters. The highest BCUT2D eigenvalue weighted by Gasteiger charge is 2.38. The molecule has 2 N–H and O–H groups in total. The number of alkyl halides is 3. The number of aromatic hydroxyl groups is 1. The van der Waals surface area contributed by atoms with E-state index in [4.69, 9.17) is 16.3 Å². The van der Waals surface area contributed by atoms with Gasteiger partial charge in [0.2, 0.25) is 0 Å². The molecule has 4 aromatic rings. The van der Waals surface area contributed by atoms with Crippen LogP contribution in [-0.4, -0.2) is 15.3 Å². The molecular weight excluding hydrogens is 441 g/mol. The summed E-state index contributed by atoms with van der Waals surface area (Å²) < 4.78 is 46.8. The number of hydrogen-bond acceptors (Lipinski definition) is 3. The van der Waals surface area contributed by atoms with Crippen LogP contribution in [0, 0.1) is 6.92 Å². The SMILES string of the molecule is Cc1ccc(-c2c(-c3cc(OCc4ccc(Cl)cc4)ccc3O)n[nH]c2C(F)(F)F)cc1. The standard InChI is InChI=1S/C24H18ClF3N2O2/c1-14-2-6-16(7-3-14)21-22(29-30-23(21)24(26,27)28)19-12-18(10-11-20(19)31)32-13-15-4-8-17(25)9-5-15/h2-12,31H,13H2,1H3,(H,29,30). The van der Waals surface area contributed by atoms with E-state index in [-0.39, 0.29) is 29.2 Å². The Morgan fingerprint density at radius 3 is 2.34 bits per heavy atom. The molecule has 0 aliphatic heterocycles. The molecule has 0 amide bonds. The highest BCUT2D eigenvalue weighted by molar-refractivity contribution is 6.30. The predicted octanol–water partition coefficient (Wildman–Crippen LogP) is 7.01. The van der Waals surface area contributed by atoms with Crippen molar-refractivity contribution in [3.8, 4) is 33.9 Å². The minimum absolute atomic E-state index is 0.0179. The smallest absolute Gasteiger partial charge is 0.433 e. The van der Waals surface area contributed by atoms with E-state index in [1.54, 1.807) is 36.4 Å². The van der Waals surface area contributed by atoms with Gasteiger partial charge in [-0.15, -0.1) is 0 Å². The molecule has 0 radical (unpaired) electrons. The van der Waals surface area contributed by atoms with Gasteiger partial charge in [-0.25, -0.2) is 0 Å². The summed E-state index contributed by atoms with van der Waals surface area (Å²) >= 11 is 5.88. The van der Waals surface area contributed by atoms with Gasteiger partial charge >= 0.3 is 6.18 Å². The summed E-state index contributed by atoms with van der Waals surface area (Å²) in [5.41, 5.74) is 1.09. The van der Waals surface area contributed by atoms with E-state index in [0.717, 1.165) is 11.1 Å². The highest BCUT2D eigenvalue weighted by Crippen LogP contribution is 2.44. The highest BCUT2D eigenvalue weighted by atomic mass is 35.5. The molecule has 8 heteroatoms. The molecule has 4 rings (SSSR count). The van der Waals surface area contributed by atoms with Gasteiger partial charge in [0.05, 0.1) is 0 Å². The van der Waals surface area contributed by atoms with Gasteiger partial charge in [-0.2, -0.15) is 18.3 Å². The molecule has 0 spiro atoms. The number of hydrogen-bond donors (Lipinski definition) is 2. The maximum absolute atomic E-state index is 13.7. The van der Waals surface area contributed by atoms with Gasteiger partial charge in [0.15, 0.2) is 0 Å². The number of ether oxygens (including phenoxy) is 1. The van der Waals surface area contributed by atoms with Crippen LogP contribution < -0.4 is 4.74 Å². The molecule has 1 aromatic heterocycles. The molecular formula is C24H18ClF3N2O2. The lowest BCUT2D eigenvalue weighted by molar-refractivity contribution is -0.140.